The molecule has 3 rings (SSSR count). The van der Waals surface area contributed by atoms with Crippen LogP contribution in [0, 0.1) is 0 Å². The number of nitrogen functional groups attached to an aromatic ring is 1. The maximum absolute atomic E-state index is 9.73. The second-order valence-corrected chi connectivity index (χ2v) is 4.34. The Morgan fingerprint density at radius 3 is 3.11 bits per heavy atom. The molecule has 2 aromatic heterocycles. The van der Waals surface area contributed by atoms with Gasteiger partial charge in [-0.3, -0.25) is 0 Å². The average Bonchev–Trinajstić information content (AvgIpc) is 2.91. The molecule has 0 bridgehead atoms. The van der Waals surface area contributed by atoms with Crippen LogP contribution in [0.25, 0.3) is 11.0 Å². The highest BCUT2D eigenvalue weighted by Gasteiger charge is 2.34. The van der Waals surface area contributed by atoms with Gasteiger partial charge in [-0.2, -0.15) is 4.98 Å². The number of aromatic nitrogens is 3. The van der Waals surface area contributed by atoms with Crippen molar-refractivity contribution < 1.29 is 14.9 Å². The van der Waals surface area contributed by atoms with E-state index < -0.39 is 12.2 Å². The second-order valence-electron chi connectivity index (χ2n) is 4.34. The van der Waals surface area contributed by atoms with Crippen molar-refractivity contribution in [2.45, 2.75) is 24.9 Å². The van der Waals surface area contributed by atoms with Gasteiger partial charge in [0.05, 0.1) is 12.7 Å². The Morgan fingerprint density at radius 1 is 1.56 bits per heavy atom. The number of rotatable bonds is 2. The molecule has 3 heterocycles. The first-order valence-electron chi connectivity index (χ1n) is 5.72. The van der Waals surface area contributed by atoms with Crippen LogP contribution < -0.4 is 5.73 Å². The Labute approximate surface area is 103 Å². The fourth-order valence-corrected chi connectivity index (χ4v) is 2.23. The van der Waals surface area contributed by atoms with Crippen molar-refractivity contribution in [3.8, 4) is 0 Å². The van der Waals surface area contributed by atoms with Crippen LogP contribution in [0.5, 0.6) is 0 Å². The summed E-state index contributed by atoms with van der Waals surface area (Å²) in [6, 6.07) is 1.86. The Kier molecular flexibility index (Phi) is 2.66. The second kappa shape index (κ2) is 4.20. The van der Waals surface area contributed by atoms with Gasteiger partial charge in [0, 0.05) is 24.2 Å². The Morgan fingerprint density at radius 2 is 2.39 bits per heavy atom. The van der Waals surface area contributed by atoms with Gasteiger partial charge in [-0.05, 0) is 6.07 Å². The monoisotopic (exact) mass is 250 g/mol. The fourth-order valence-electron chi connectivity index (χ4n) is 2.23. The molecule has 7 nitrogen and oxygen atoms in total. The van der Waals surface area contributed by atoms with Gasteiger partial charge in [-0.25, -0.2) is 4.98 Å². The van der Waals surface area contributed by atoms with Gasteiger partial charge in [0.15, 0.2) is 0 Å². The van der Waals surface area contributed by atoms with Gasteiger partial charge in [0.25, 0.3) is 0 Å². The zero-order chi connectivity index (χ0) is 12.7. The first-order chi connectivity index (χ1) is 8.69. The van der Waals surface area contributed by atoms with Crippen LogP contribution in [-0.2, 0) is 4.74 Å². The van der Waals surface area contributed by atoms with Gasteiger partial charge in [-0.1, -0.05) is 0 Å². The number of aliphatic hydroxyl groups excluding tert-OH is 2. The minimum absolute atomic E-state index is 0.194. The van der Waals surface area contributed by atoms with Crippen LogP contribution in [0.3, 0.4) is 0 Å². The average molecular weight is 250 g/mol. The number of fused-ring (bicyclic) bond motifs is 1. The normalized spacial score (nSPS) is 28.0. The Bertz CT molecular complexity index is 570. The molecule has 0 radical (unpaired) electrons. The first kappa shape index (κ1) is 11.4. The third-order valence-electron chi connectivity index (χ3n) is 3.17. The fraction of sp³-hybridized carbons (Fsp3) is 0.455. The quantitative estimate of drug-likeness (QED) is 0.673. The van der Waals surface area contributed by atoms with Crippen LogP contribution in [0.1, 0.15) is 12.6 Å². The van der Waals surface area contributed by atoms with Crippen molar-refractivity contribution in [1.29, 1.82) is 0 Å². The van der Waals surface area contributed by atoms with E-state index in [9.17, 15) is 5.11 Å². The van der Waals surface area contributed by atoms with E-state index in [0.717, 1.165) is 5.39 Å². The van der Waals surface area contributed by atoms with Gasteiger partial charge in [-0.15, -0.1) is 0 Å². The van der Waals surface area contributed by atoms with Crippen LogP contribution in [-0.4, -0.2) is 43.6 Å². The van der Waals surface area contributed by atoms with Crippen molar-refractivity contribution in [3.63, 3.8) is 0 Å². The number of anilines is 1. The molecule has 2 aromatic rings. The maximum atomic E-state index is 9.73. The van der Waals surface area contributed by atoms with E-state index in [1.807, 2.05) is 12.3 Å². The predicted molar refractivity (Wildman–Crippen MR) is 63.6 cm³/mol. The highest BCUT2D eigenvalue weighted by atomic mass is 16.5. The van der Waals surface area contributed by atoms with Gasteiger partial charge >= 0.3 is 0 Å². The van der Waals surface area contributed by atoms with Crippen molar-refractivity contribution in [2.75, 3.05) is 12.3 Å². The molecule has 1 fully saturated rings. The largest absolute Gasteiger partial charge is 0.394 e. The topological polar surface area (TPSA) is 106 Å². The molecule has 0 spiro atoms. The van der Waals surface area contributed by atoms with E-state index in [1.54, 1.807) is 10.8 Å². The van der Waals surface area contributed by atoms with Gasteiger partial charge in [0.1, 0.15) is 18.0 Å². The van der Waals surface area contributed by atoms with E-state index in [-0.39, 0.29) is 18.8 Å². The Balaban J connectivity index is 1.98. The van der Waals surface area contributed by atoms with Crippen molar-refractivity contribution >= 4 is 17.0 Å². The summed E-state index contributed by atoms with van der Waals surface area (Å²) in [5, 5.41) is 19.7. The molecular formula is C11H14N4O3. The van der Waals surface area contributed by atoms with Gasteiger partial charge < -0.3 is 25.3 Å². The van der Waals surface area contributed by atoms with Crippen LogP contribution in [0.4, 0.5) is 5.95 Å². The van der Waals surface area contributed by atoms with Crippen LogP contribution in [0.2, 0.25) is 0 Å². The summed E-state index contributed by atoms with van der Waals surface area (Å²) in [5.74, 6) is 0.194. The molecule has 0 unspecified atom stereocenters. The molecule has 4 N–H and O–H groups in total. The number of nitrogens with zero attached hydrogens (tertiary/aromatic N) is 3. The predicted octanol–water partition coefficient (Wildman–Crippen LogP) is -0.346. The Hall–Kier alpha value is -1.70. The number of hydrogen-bond acceptors (Lipinski definition) is 6. The first-order valence-corrected chi connectivity index (χ1v) is 5.72. The molecule has 1 aliphatic rings. The lowest BCUT2D eigenvalue weighted by molar-refractivity contribution is -0.0430. The molecule has 3 atom stereocenters. The lowest BCUT2D eigenvalue weighted by Crippen LogP contribution is -2.24. The number of nitrogens with two attached hydrogens (primary N) is 1. The maximum Gasteiger partial charge on any atom is 0.221 e. The number of hydrogen-bond donors (Lipinski definition) is 3. The van der Waals surface area contributed by atoms with Crippen molar-refractivity contribution in [1.82, 2.24) is 14.5 Å². The summed E-state index contributed by atoms with van der Waals surface area (Å²) in [4.78, 5) is 8.08. The molecule has 0 saturated carbocycles. The molecule has 18 heavy (non-hydrogen) atoms. The molecule has 1 saturated heterocycles. The summed E-state index contributed by atoms with van der Waals surface area (Å²) in [6.45, 7) is -0.200. The van der Waals surface area contributed by atoms with Crippen molar-refractivity contribution in [2.24, 2.45) is 0 Å². The standard InChI is InChI=1S/C11H14N4O3/c12-11-13-4-6-1-2-15(10(6)14-11)9-3-7(17)8(5-16)18-9/h1-2,4,7-9,16-17H,3,5H2,(H2,12,13,14)/t7-,8+,9+/m0/s1. The lowest BCUT2D eigenvalue weighted by atomic mass is 10.2. The molecular weight excluding hydrogens is 236 g/mol. The summed E-state index contributed by atoms with van der Waals surface area (Å²) in [5.41, 5.74) is 6.23. The van der Waals surface area contributed by atoms with Crippen LogP contribution >= 0.6 is 0 Å². The minimum atomic E-state index is -0.670. The summed E-state index contributed by atoms with van der Waals surface area (Å²) < 4.78 is 7.37. The smallest absolute Gasteiger partial charge is 0.221 e. The third kappa shape index (κ3) is 1.72. The number of aliphatic hydroxyl groups is 2. The molecule has 96 valence electrons. The molecule has 0 aromatic carbocycles. The lowest BCUT2D eigenvalue weighted by Gasteiger charge is -2.14. The zero-order valence-electron chi connectivity index (χ0n) is 9.60. The number of ether oxygens (including phenoxy) is 1. The van der Waals surface area contributed by atoms with Crippen molar-refractivity contribution in [3.05, 3.63) is 18.5 Å². The SMILES string of the molecule is Nc1ncc2ccn([C@H]3C[C@H](O)[C@@H](CO)O3)c2n1. The van der Waals surface area contributed by atoms with Gasteiger partial charge in [0.2, 0.25) is 5.95 Å². The molecule has 0 amide bonds. The van der Waals surface area contributed by atoms with E-state index in [4.69, 9.17) is 15.6 Å². The van der Waals surface area contributed by atoms with E-state index in [2.05, 4.69) is 9.97 Å². The minimum Gasteiger partial charge on any atom is -0.394 e. The molecule has 7 heteroatoms. The molecule has 1 aliphatic heterocycles. The van der Waals surface area contributed by atoms with Crippen LogP contribution in [0.15, 0.2) is 18.5 Å². The summed E-state index contributed by atoms with van der Waals surface area (Å²) in [6.07, 6.45) is 2.31. The van der Waals surface area contributed by atoms with E-state index >= 15 is 0 Å². The highest BCUT2D eigenvalue weighted by molar-refractivity contribution is 5.76. The molecule has 0 aliphatic carbocycles. The summed E-state index contributed by atoms with van der Waals surface area (Å²) in [7, 11) is 0. The highest BCUT2D eigenvalue weighted by Crippen LogP contribution is 2.31. The van der Waals surface area contributed by atoms with E-state index in [1.165, 1.54) is 0 Å². The zero-order valence-corrected chi connectivity index (χ0v) is 9.60. The summed E-state index contributed by atoms with van der Waals surface area (Å²) >= 11 is 0. The van der Waals surface area contributed by atoms with E-state index in [0.29, 0.717) is 12.1 Å². The third-order valence-corrected chi connectivity index (χ3v) is 3.17.